The predicted octanol–water partition coefficient (Wildman–Crippen LogP) is 1.44. The van der Waals surface area contributed by atoms with E-state index in [1.165, 1.54) is 0 Å². The number of carbonyl (C=O) groups is 1. The molecule has 128 valence electrons. The third-order valence-corrected chi connectivity index (χ3v) is 5.24. The maximum Gasteiger partial charge on any atom is 0.336 e. The van der Waals surface area contributed by atoms with Crippen molar-refractivity contribution in [2.45, 2.75) is 12.8 Å². The molecule has 0 amide bonds. The number of rotatable bonds is 4. The van der Waals surface area contributed by atoms with Crippen LogP contribution in [0.3, 0.4) is 0 Å². The molecule has 2 heterocycles. The van der Waals surface area contributed by atoms with Crippen molar-refractivity contribution in [2.75, 3.05) is 23.7 Å². The standard InChI is InChI=1S/C16H19N3O4S/c17-24(22,23)10-11-3-2-8-19(9-11)14-6-5-13(16(20)21)12-4-1-7-18-15(12)14/h1,4-7,11H,2-3,8-10H2,(H,20,21)(H2,17,22,23). The molecule has 2 aromatic rings. The van der Waals surface area contributed by atoms with E-state index >= 15 is 0 Å². The monoisotopic (exact) mass is 349 g/mol. The summed E-state index contributed by atoms with van der Waals surface area (Å²) in [6.07, 6.45) is 3.30. The fourth-order valence-electron chi connectivity index (χ4n) is 3.35. The van der Waals surface area contributed by atoms with Gasteiger partial charge in [-0.1, -0.05) is 6.07 Å². The number of piperidine rings is 1. The van der Waals surface area contributed by atoms with Gasteiger partial charge in [0.25, 0.3) is 0 Å². The zero-order valence-electron chi connectivity index (χ0n) is 13.1. The predicted molar refractivity (Wildman–Crippen MR) is 91.6 cm³/mol. The highest BCUT2D eigenvalue weighted by molar-refractivity contribution is 7.89. The number of benzene rings is 1. The number of fused-ring (bicyclic) bond motifs is 1. The number of hydrogen-bond acceptors (Lipinski definition) is 5. The van der Waals surface area contributed by atoms with Crippen LogP contribution in [0.4, 0.5) is 5.69 Å². The van der Waals surface area contributed by atoms with Gasteiger partial charge in [0.15, 0.2) is 0 Å². The Morgan fingerprint density at radius 3 is 2.88 bits per heavy atom. The number of sulfonamides is 1. The minimum Gasteiger partial charge on any atom is -0.478 e. The van der Waals surface area contributed by atoms with Gasteiger partial charge in [0.05, 0.1) is 22.5 Å². The minimum absolute atomic E-state index is 0.0355. The van der Waals surface area contributed by atoms with Crippen LogP contribution < -0.4 is 10.0 Å². The Hall–Kier alpha value is -2.19. The van der Waals surface area contributed by atoms with E-state index < -0.39 is 16.0 Å². The molecule has 3 N–H and O–H groups in total. The van der Waals surface area contributed by atoms with Crippen LogP contribution in [-0.2, 0) is 10.0 Å². The van der Waals surface area contributed by atoms with Gasteiger partial charge in [0.1, 0.15) is 0 Å². The van der Waals surface area contributed by atoms with Crippen LogP contribution in [0.15, 0.2) is 30.5 Å². The average molecular weight is 349 g/mol. The molecule has 0 radical (unpaired) electrons. The molecule has 8 heteroatoms. The molecule has 0 aliphatic carbocycles. The summed E-state index contributed by atoms with van der Waals surface area (Å²) in [4.78, 5) is 17.8. The van der Waals surface area contributed by atoms with Gasteiger partial charge in [-0.3, -0.25) is 4.98 Å². The fourth-order valence-corrected chi connectivity index (χ4v) is 4.28. The molecule has 1 aliphatic heterocycles. The lowest BCUT2D eigenvalue weighted by Crippen LogP contribution is -2.39. The first-order chi connectivity index (χ1) is 11.3. The van der Waals surface area contributed by atoms with E-state index in [0.717, 1.165) is 25.1 Å². The Labute approximate surface area is 140 Å². The molecule has 1 aliphatic rings. The lowest BCUT2D eigenvalue weighted by molar-refractivity contribution is 0.0699. The van der Waals surface area contributed by atoms with E-state index in [9.17, 15) is 18.3 Å². The Morgan fingerprint density at radius 2 is 2.17 bits per heavy atom. The number of hydrogen-bond donors (Lipinski definition) is 2. The van der Waals surface area contributed by atoms with Crippen molar-refractivity contribution in [3.63, 3.8) is 0 Å². The van der Waals surface area contributed by atoms with Crippen molar-refractivity contribution in [1.29, 1.82) is 0 Å². The summed E-state index contributed by atoms with van der Waals surface area (Å²) in [5.41, 5.74) is 1.66. The number of pyridine rings is 1. The zero-order chi connectivity index (χ0) is 17.3. The van der Waals surface area contributed by atoms with E-state index in [4.69, 9.17) is 5.14 Å². The zero-order valence-corrected chi connectivity index (χ0v) is 13.9. The van der Waals surface area contributed by atoms with Crippen molar-refractivity contribution in [3.05, 3.63) is 36.0 Å². The molecular formula is C16H19N3O4S. The molecule has 1 atom stereocenters. The molecule has 1 unspecified atom stereocenters. The van der Waals surface area contributed by atoms with E-state index in [1.54, 1.807) is 30.5 Å². The summed E-state index contributed by atoms with van der Waals surface area (Å²) in [7, 11) is -3.51. The quantitative estimate of drug-likeness (QED) is 0.863. The second-order valence-electron chi connectivity index (χ2n) is 6.12. The molecule has 0 spiro atoms. The molecule has 3 rings (SSSR count). The lowest BCUT2D eigenvalue weighted by Gasteiger charge is -2.34. The molecule has 0 saturated carbocycles. The number of aromatic nitrogens is 1. The highest BCUT2D eigenvalue weighted by atomic mass is 32.2. The number of aromatic carboxylic acids is 1. The van der Waals surface area contributed by atoms with E-state index in [1.807, 2.05) is 0 Å². The lowest BCUT2D eigenvalue weighted by atomic mass is 9.98. The van der Waals surface area contributed by atoms with Gasteiger partial charge in [-0.2, -0.15) is 0 Å². The summed E-state index contributed by atoms with van der Waals surface area (Å²) < 4.78 is 22.7. The largest absolute Gasteiger partial charge is 0.478 e. The first-order valence-electron chi connectivity index (χ1n) is 7.71. The summed E-state index contributed by atoms with van der Waals surface area (Å²) in [6.45, 7) is 1.34. The highest BCUT2D eigenvalue weighted by Gasteiger charge is 2.25. The van der Waals surface area contributed by atoms with Crippen LogP contribution in [0.25, 0.3) is 10.9 Å². The van der Waals surface area contributed by atoms with Gasteiger partial charge < -0.3 is 10.0 Å². The Kier molecular flexibility index (Phi) is 4.42. The van der Waals surface area contributed by atoms with Crippen LogP contribution in [0.1, 0.15) is 23.2 Å². The van der Waals surface area contributed by atoms with Crippen molar-refractivity contribution in [2.24, 2.45) is 11.1 Å². The van der Waals surface area contributed by atoms with Crippen LogP contribution in [0.2, 0.25) is 0 Å². The normalized spacial score (nSPS) is 18.7. The van der Waals surface area contributed by atoms with Gasteiger partial charge in [0, 0.05) is 24.7 Å². The Morgan fingerprint density at radius 1 is 1.38 bits per heavy atom. The SMILES string of the molecule is NS(=O)(=O)CC1CCCN(c2ccc(C(=O)O)c3cccnc23)C1. The summed E-state index contributed by atoms with van der Waals surface area (Å²) in [5.74, 6) is -1.07. The highest BCUT2D eigenvalue weighted by Crippen LogP contribution is 2.31. The molecule has 7 nitrogen and oxygen atoms in total. The van der Waals surface area contributed by atoms with Crippen LogP contribution >= 0.6 is 0 Å². The molecule has 1 aromatic carbocycles. The maximum atomic E-state index is 11.4. The van der Waals surface area contributed by atoms with Gasteiger partial charge in [-0.05, 0) is 37.0 Å². The Balaban J connectivity index is 1.97. The second kappa shape index (κ2) is 6.37. The van der Waals surface area contributed by atoms with Gasteiger partial charge in [0.2, 0.25) is 10.0 Å². The molecule has 0 bridgehead atoms. The van der Waals surface area contributed by atoms with Gasteiger partial charge >= 0.3 is 5.97 Å². The smallest absolute Gasteiger partial charge is 0.336 e. The van der Waals surface area contributed by atoms with E-state index in [0.29, 0.717) is 17.4 Å². The van der Waals surface area contributed by atoms with Crippen LogP contribution in [0, 0.1) is 5.92 Å². The van der Waals surface area contributed by atoms with Crippen molar-refractivity contribution < 1.29 is 18.3 Å². The number of primary sulfonamides is 1. The maximum absolute atomic E-state index is 11.4. The molecule has 1 saturated heterocycles. The van der Waals surface area contributed by atoms with Crippen LogP contribution in [-0.4, -0.2) is 43.3 Å². The molecule has 1 aromatic heterocycles. The average Bonchev–Trinajstić information content (AvgIpc) is 2.52. The fraction of sp³-hybridized carbons (Fsp3) is 0.375. The molecular weight excluding hydrogens is 330 g/mol. The number of carboxylic acid groups (broad SMARTS) is 1. The minimum atomic E-state index is -3.51. The van der Waals surface area contributed by atoms with Gasteiger partial charge in [-0.25, -0.2) is 18.4 Å². The molecule has 1 fully saturated rings. The molecule has 24 heavy (non-hydrogen) atoms. The third kappa shape index (κ3) is 3.49. The number of carboxylic acids is 1. The summed E-state index contributed by atoms with van der Waals surface area (Å²) >= 11 is 0. The van der Waals surface area contributed by atoms with E-state index in [-0.39, 0.29) is 17.2 Å². The third-order valence-electron chi connectivity index (χ3n) is 4.31. The number of nitrogens with zero attached hydrogens (tertiary/aromatic N) is 2. The Bertz CT molecular complexity index is 882. The van der Waals surface area contributed by atoms with Crippen molar-refractivity contribution >= 4 is 32.6 Å². The summed E-state index contributed by atoms with van der Waals surface area (Å²) in [6, 6.07) is 6.77. The van der Waals surface area contributed by atoms with Gasteiger partial charge in [-0.15, -0.1) is 0 Å². The summed E-state index contributed by atoms with van der Waals surface area (Å²) in [5, 5.41) is 15.1. The first-order valence-corrected chi connectivity index (χ1v) is 9.43. The first kappa shape index (κ1) is 16.7. The number of anilines is 1. The van der Waals surface area contributed by atoms with Crippen molar-refractivity contribution in [1.82, 2.24) is 4.98 Å². The van der Waals surface area contributed by atoms with Crippen molar-refractivity contribution in [3.8, 4) is 0 Å². The van der Waals surface area contributed by atoms with E-state index in [2.05, 4.69) is 9.88 Å². The number of nitrogens with two attached hydrogens (primary N) is 1. The topological polar surface area (TPSA) is 114 Å². The van der Waals surface area contributed by atoms with Crippen LogP contribution in [0.5, 0.6) is 0 Å². The second-order valence-corrected chi connectivity index (χ2v) is 7.78.